The van der Waals surface area contributed by atoms with Gasteiger partial charge in [-0.3, -0.25) is 4.79 Å². The molecule has 1 atom stereocenters. The van der Waals surface area contributed by atoms with E-state index < -0.39 is 0 Å². The van der Waals surface area contributed by atoms with Crippen molar-refractivity contribution in [3.8, 4) is 0 Å². The Morgan fingerprint density at radius 2 is 2.38 bits per heavy atom. The maximum atomic E-state index is 9.74. The van der Waals surface area contributed by atoms with Crippen molar-refractivity contribution in [2.75, 3.05) is 0 Å². The lowest BCUT2D eigenvalue weighted by molar-refractivity contribution is 0.548. The zero-order valence-electron chi connectivity index (χ0n) is 4.98. The maximum absolute atomic E-state index is 9.74. The molecule has 0 aliphatic rings. The summed E-state index contributed by atoms with van der Waals surface area (Å²) in [5, 5.41) is 0. The third-order valence-electron chi connectivity index (χ3n) is 0.907. The molecule has 0 heterocycles. The Hall–Kier alpha value is 0.150. The number of rotatable bonds is 4. The Morgan fingerprint density at radius 1 is 1.75 bits per heavy atom. The first kappa shape index (κ1) is 8.15. The molecule has 0 saturated carbocycles. The van der Waals surface area contributed by atoms with Gasteiger partial charge in [0.15, 0.2) is 6.29 Å². The minimum absolute atomic E-state index is 0.352. The summed E-state index contributed by atoms with van der Waals surface area (Å²) in [4.78, 5) is 10.1. The molecule has 0 bridgehead atoms. The minimum atomic E-state index is 0.352. The van der Waals surface area contributed by atoms with Crippen LogP contribution in [-0.4, -0.2) is 11.1 Å². The van der Waals surface area contributed by atoms with Gasteiger partial charge in [-0.25, -0.2) is 0 Å². The second-order valence-corrected chi connectivity index (χ2v) is 3.03. The molecule has 0 aliphatic carbocycles. The molecule has 1 nitrogen and oxygen atoms in total. The van der Waals surface area contributed by atoms with E-state index in [0.29, 0.717) is 11.2 Å². The van der Waals surface area contributed by atoms with Crippen molar-refractivity contribution in [3.63, 3.8) is 0 Å². The molecule has 1 unspecified atom stereocenters. The van der Waals surface area contributed by atoms with Gasteiger partial charge in [0.05, 0.1) is 0 Å². The summed E-state index contributed by atoms with van der Waals surface area (Å²) in [7, 11) is 0. The van der Waals surface area contributed by atoms with Crippen LogP contribution in [-0.2, 0) is 4.79 Å². The summed E-state index contributed by atoms with van der Waals surface area (Å²) in [5.74, 6) is 0. The molecular formula is C6H10BrO. The highest BCUT2D eigenvalue weighted by Gasteiger charge is 1.99. The van der Waals surface area contributed by atoms with Crippen molar-refractivity contribution in [2.24, 2.45) is 0 Å². The summed E-state index contributed by atoms with van der Waals surface area (Å²) in [5.41, 5.74) is 0. The van der Waals surface area contributed by atoms with E-state index in [4.69, 9.17) is 0 Å². The molecule has 0 saturated heterocycles. The van der Waals surface area contributed by atoms with E-state index in [1.165, 1.54) is 0 Å². The largest absolute Gasteiger partial charge is 0.291 e. The van der Waals surface area contributed by atoms with Gasteiger partial charge in [0.1, 0.15) is 0 Å². The Kier molecular flexibility index (Phi) is 5.39. The van der Waals surface area contributed by atoms with Crippen molar-refractivity contribution < 1.29 is 4.79 Å². The quantitative estimate of drug-likeness (QED) is 0.602. The lowest BCUT2D eigenvalue weighted by Crippen LogP contribution is -1.95. The van der Waals surface area contributed by atoms with Crippen LogP contribution in [0.3, 0.4) is 0 Å². The van der Waals surface area contributed by atoms with E-state index in [1.54, 1.807) is 0 Å². The highest BCUT2D eigenvalue weighted by Crippen LogP contribution is 2.09. The standard InChI is InChI=1S/C6H10BrO/c1-2-3-6(7)4-5-8/h6H,2-4H2,1H3. The summed E-state index contributed by atoms with van der Waals surface area (Å²) in [6, 6.07) is 0. The van der Waals surface area contributed by atoms with E-state index in [2.05, 4.69) is 22.9 Å². The Morgan fingerprint density at radius 3 is 2.75 bits per heavy atom. The second kappa shape index (κ2) is 5.29. The van der Waals surface area contributed by atoms with Gasteiger partial charge in [-0.05, 0) is 6.42 Å². The highest BCUT2D eigenvalue weighted by atomic mass is 79.9. The van der Waals surface area contributed by atoms with Crippen LogP contribution in [0.1, 0.15) is 26.2 Å². The summed E-state index contributed by atoms with van der Waals surface area (Å²) in [6.07, 6.45) is 4.56. The fourth-order valence-corrected chi connectivity index (χ4v) is 1.10. The number of alkyl halides is 1. The molecular weight excluding hydrogens is 168 g/mol. The lowest BCUT2D eigenvalue weighted by atomic mass is 10.2. The molecule has 2 heteroatoms. The smallest absolute Gasteiger partial charge is 0.199 e. The summed E-state index contributed by atoms with van der Waals surface area (Å²) >= 11 is 3.34. The second-order valence-electron chi connectivity index (χ2n) is 1.73. The van der Waals surface area contributed by atoms with Gasteiger partial charge < -0.3 is 0 Å². The number of carbonyl (C=O) groups excluding carboxylic acids is 1. The molecule has 47 valence electrons. The molecule has 0 rings (SSSR count). The summed E-state index contributed by atoms with van der Waals surface area (Å²) in [6.45, 7) is 2.10. The average molecular weight is 178 g/mol. The van der Waals surface area contributed by atoms with E-state index in [9.17, 15) is 4.79 Å². The van der Waals surface area contributed by atoms with Gasteiger partial charge in [0, 0.05) is 11.2 Å². The van der Waals surface area contributed by atoms with Crippen LogP contribution in [0.25, 0.3) is 0 Å². The topological polar surface area (TPSA) is 17.1 Å². The highest BCUT2D eigenvalue weighted by molar-refractivity contribution is 9.09. The van der Waals surface area contributed by atoms with E-state index in [1.807, 2.05) is 6.29 Å². The fourth-order valence-electron chi connectivity index (χ4n) is 0.506. The van der Waals surface area contributed by atoms with Crippen molar-refractivity contribution in [1.82, 2.24) is 0 Å². The molecule has 1 radical (unpaired) electrons. The number of hydrogen-bond acceptors (Lipinski definition) is 1. The Labute approximate surface area is 58.6 Å². The van der Waals surface area contributed by atoms with Crippen LogP contribution >= 0.6 is 15.9 Å². The van der Waals surface area contributed by atoms with Crippen LogP contribution < -0.4 is 0 Å². The van der Waals surface area contributed by atoms with Crippen LogP contribution in [0.5, 0.6) is 0 Å². The molecule has 0 aromatic carbocycles. The van der Waals surface area contributed by atoms with Gasteiger partial charge in [-0.1, -0.05) is 29.3 Å². The first-order chi connectivity index (χ1) is 3.81. The van der Waals surface area contributed by atoms with Crippen LogP contribution in [0.15, 0.2) is 0 Å². The van der Waals surface area contributed by atoms with Gasteiger partial charge in [-0.15, -0.1) is 0 Å². The van der Waals surface area contributed by atoms with Gasteiger partial charge in [0.25, 0.3) is 0 Å². The van der Waals surface area contributed by atoms with Crippen molar-refractivity contribution >= 4 is 22.2 Å². The third-order valence-corrected chi connectivity index (χ3v) is 1.69. The third kappa shape index (κ3) is 4.31. The van der Waals surface area contributed by atoms with Crippen LogP contribution in [0.4, 0.5) is 0 Å². The Bertz CT molecular complexity index is 63.5. The monoisotopic (exact) mass is 177 g/mol. The lowest BCUT2D eigenvalue weighted by Gasteiger charge is -1.99. The number of halogens is 1. The van der Waals surface area contributed by atoms with Gasteiger partial charge in [0.2, 0.25) is 0 Å². The fraction of sp³-hybridized carbons (Fsp3) is 0.833. The molecule has 8 heavy (non-hydrogen) atoms. The van der Waals surface area contributed by atoms with E-state index in [0.717, 1.165) is 12.8 Å². The predicted octanol–water partition coefficient (Wildman–Crippen LogP) is 2.05. The molecule has 0 aromatic rings. The maximum Gasteiger partial charge on any atom is 0.199 e. The first-order valence-corrected chi connectivity index (χ1v) is 3.72. The average Bonchev–Trinajstić information content (AvgIpc) is 1.68. The molecule has 0 amide bonds. The van der Waals surface area contributed by atoms with Gasteiger partial charge in [-0.2, -0.15) is 0 Å². The number of hydrogen-bond donors (Lipinski definition) is 0. The Balaban J connectivity index is 3.03. The first-order valence-electron chi connectivity index (χ1n) is 2.80. The van der Waals surface area contributed by atoms with Crippen molar-refractivity contribution in [1.29, 1.82) is 0 Å². The normalized spacial score (nSPS) is 13.2. The molecule has 0 spiro atoms. The van der Waals surface area contributed by atoms with Gasteiger partial charge >= 0.3 is 0 Å². The van der Waals surface area contributed by atoms with Crippen molar-refractivity contribution in [3.05, 3.63) is 0 Å². The van der Waals surface area contributed by atoms with Crippen LogP contribution in [0, 0.1) is 0 Å². The molecule has 0 N–H and O–H groups in total. The molecule has 0 aromatic heterocycles. The summed E-state index contributed by atoms with van der Waals surface area (Å²) < 4.78 is 0. The zero-order chi connectivity index (χ0) is 6.41. The van der Waals surface area contributed by atoms with E-state index >= 15 is 0 Å². The zero-order valence-corrected chi connectivity index (χ0v) is 6.57. The van der Waals surface area contributed by atoms with E-state index in [-0.39, 0.29) is 0 Å². The minimum Gasteiger partial charge on any atom is -0.291 e. The predicted molar refractivity (Wildman–Crippen MR) is 37.9 cm³/mol. The molecule has 0 aliphatic heterocycles. The van der Waals surface area contributed by atoms with Crippen molar-refractivity contribution in [2.45, 2.75) is 31.0 Å². The molecule has 0 fully saturated rings. The SMILES string of the molecule is CCCC(Br)C[C]=O. The van der Waals surface area contributed by atoms with Crippen LogP contribution in [0.2, 0.25) is 0 Å².